The monoisotopic (exact) mass is 348 g/mol. The Kier molecular flexibility index (Phi) is 6.21. The van der Waals surface area contributed by atoms with Gasteiger partial charge in [-0.2, -0.15) is 0 Å². The van der Waals surface area contributed by atoms with Gasteiger partial charge in [0.05, 0.1) is 6.61 Å². The normalized spacial score (nSPS) is 13.7. The SMILES string of the molecule is CC(C)(CCCc1ccccn1)CCOc1ccccc1C1=CN=CC1. The first-order valence-corrected chi connectivity index (χ1v) is 9.47. The van der Waals surface area contributed by atoms with Gasteiger partial charge in [-0.25, -0.2) is 0 Å². The van der Waals surface area contributed by atoms with E-state index in [0.29, 0.717) is 0 Å². The molecule has 0 bridgehead atoms. The Morgan fingerprint density at radius 2 is 1.88 bits per heavy atom. The van der Waals surface area contributed by atoms with Gasteiger partial charge in [-0.15, -0.1) is 0 Å². The Bertz CT molecular complexity index is 763. The number of rotatable bonds is 9. The summed E-state index contributed by atoms with van der Waals surface area (Å²) in [6.45, 7) is 5.39. The maximum atomic E-state index is 6.14. The summed E-state index contributed by atoms with van der Waals surface area (Å²) in [7, 11) is 0. The first kappa shape index (κ1) is 18.4. The number of para-hydroxylation sites is 1. The van der Waals surface area contributed by atoms with E-state index in [1.807, 2.05) is 30.7 Å². The molecule has 0 N–H and O–H groups in total. The van der Waals surface area contributed by atoms with E-state index in [2.05, 4.69) is 54.2 Å². The first-order chi connectivity index (χ1) is 12.6. The molecule has 1 aliphatic rings. The van der Waals surface area contributed by atoms with Crippen LogP contribution in [0.25, 0.3) is 5.57 Å². The van der Waals surface area contributed by atoms with Crippen molar-refractivity contribution in [3.63, 3.8) is 0 Å². The molecule has 2 heterocycles. The molecule has 1 aromatic heterocycles. The molecule has 0 amide bonds. The number of ether oxygens (including phenoxy) is 1. The molecule has 1 aliphatic heterocycles. The van der Waals surface area contributed by atoms with Crippen LogP contribution < -0.4 is 4.74 Å². The summed E-state index contributed by atoms with van der Waals surface area (Å²) in [6, 6.07) is 14.4. The number of allylic oxidation sites excluding steroid dienone is 1. The second-order valence-electron chi connectivity index (χ2n) is 7.62. The average Bonchev–Trinajstić information content (AvgIpc) is 3.17. The minimum Gasteiger partial charge on any atom is -0.493 e. The van der Waals surface area contributed by atoms with Crippen molar-refractivity contribution in [1.82, 2.24) is 4.98 Å². The maximum Gasteiger partial charge on any atom is 0.126 e. The molecule has 3 nitrogen and oxygen atoms in total. The number of benzene rings is 1. The van der Waals surface area contributed by atoms with Gasteiger partial charge in [0.1, 0.15) is 5.75 Å². The van der Waals surface area contributed by atoms with Crippen LogP contribution in [-0.4, -0.2) is 17.8 Å². The highest BCUT2D eigenvalue weighted by atomic mass is 16.5. The molecule has 0 atom stereocenters. The number of aliphatic imine (C=N–C) groups is 1. The summed E-state index contributed by atoms with van der Waals surface area (Å²) in [5, 5.41) is 0. The molecule has 26 heavy (non-hydrogen) atoms. The number of nitrogens with zero attached hydrogens (tertiary/aromatic N) is 2. The van der Waals surface area contributed by atoms with Crippen LogP contribution in [0.2, 0.25) is 0 Å². The molecule has 0 saturated heterocycles. The molecule has 0 aliphatic carbocycles. The fourth-order valence-corrected chi connectivity index (χ4v) is 3.24. The van der Waals surface area contributed by atoms with E-state index in [4.69, 9.17) is 4.74 Å². The standard InChI is InChI=1S/C23H28N2O/c1-23(2,13-7-9-20-8-5-6-15-25-20)14-17-26-22-11-4-3-10-21(22)19-12-16-24-18-19/h3-6,8,10-11,15-16,18H,7,9,12-14,17H2,1-2H3. The zero-order chi connectivity index (χ0) is 18.2. The van der Waals surface area contributed by atoms with Crippen LogP contribution in [0.4, 0.5) is 0 Å². The summed E-state index contributed by atoms with van der Waals surface area (Å²) in [5.74, 6) is 0.966. The van der Waals surface area contributed by atoms with E-state index in [1.54, 1.807) is 0 Å². The molecule has 136 valence electrons. The Morgan fingerprint density at radius 3 is 2.65 bits per heavy atom. The van der Waals surface area contributed by atoms with E-state index in [9.17, 15) is 0 Å². The molecule has 3 rings (SSSR count). The Labute approximate surface area is 156 Å². The summed E-state index contributed by atoms with van der Waals surface area (Å²) < 4.78 is 6.14. The molecule has 0 saturated carbocycles. The third kappa shape index (κ3) is 5.29. The smallest absolute Gasteiger partial charge is 0.126 e. The lowest BCUT2D eigenvalue weighted by Gasteiger charge is -2.25. The second-order valence-corrected chi connectivity index (χ2v) is 7.62. The molecule has 2 aromatic rings. The summed E-state index contributed by atoms with van der Waals surface area (Å²) in [5.41, 5.74) is 3.84. The van der Waals surface area contributed by atoms with E-state index < -0.39 is 0 Å². The highest BCUT2D eigenvalue weighted by molar-refractivity contribution is 5.86. The third-order valence-corrected chi connectivity index (χ3v) is 4.93. The fraction of sp³-hybridized carbons (Fsp3) is 0.391. The molecule has 0 spiro atoms. The van der Waals surface area contributed by atoms with Crippen LogP contribution in [0, 0.1) is 5.41 Å². The zero-order valence-corrected chi connectivity index (χ0v) is 15.8. The van der Waals surface area contributed by atoms with Crippen molar-refractivity contribution in [2.75, 3.05) is 6.61 Å². The molecule has 0 radical (unpaired) electrons. The zero-order valence-electron chi connectivity index (χ0n) is 15.8. The minimum absolute atomic E-state index is 0.263. The van der Waals surface area contributed by atoms with Crippen LogP contribution in [0.3, 0.4) is 0 Å². The number of aryl methyl sites for hydroxylation is 1. The highest BCUT2D eigenvalue weighted by Crippen LogP contribution is 2.31. The van der Waals surface area contributed by atoms with Crippen molar-refractivity contribution in [2.24, 2.45) is 10.4 Å². The van der Waals surface area contributed by atoms with Gasteiger partial charge >= 0.3 is 0 Å². The van der Waals surface area contributed by atoms with E-state index >= 15 is 0 Å². The molecular formula is C23H28N2O. The predicted molar refractivity (Wildman–Crippen MR) is 109 cm³/mol. The van der Waals surface area contributed by atoms with Gasteiger partial charge in [0.15, 0.2) is 0 Å². The van der Waals surface area contributed by atoms with Crippen LogP contribution in [0.5, 0.6) is 5.75 Å². The molecule has 1 aromatic carbocycles. The Hall–Kier alpha value is -2.42. The van der Waals surface area contributed by atoms with Crippen LogP contribution >= 0.6 is 0 Å². The van der Waals surface area contributed by atoms with Crippen molar-refractivity contribution in [3.8, 4) is 5.75 Å². The Morgan fingerprint density at radius 1 is 1.04 bits per heavy atom. The number of aromatic nitrogens is 1. The van der Waals surface area contributed by atoms with Crippen LogP contribution in [0.1, 0.15) is 50.8 Å². The van der Waals surface area contributed by atoms with Crippen LogP contribution in [-0.2, 0) is 6.42 Å². The topological polar surface area (TPSA) is 34.5 Å². The first-order valence-electron chi connectivity index (χ1n) is 9.47. The van der Waals surface area contributed by atoms with Crippen molar-refractivity contribution >= 4 is 11.8 Å². The van der Waals surface area contributed by atoms with Crippen molar-refractivity contribution < 1.29 is 4.74 Å². The van der Waals surface area contributed by atoms with E-state index in [-0.39, 0.29) is 5.41 Å². The maximum absolute atomic E-state index is 6.14. The number of hydrogen-bond acceptors (Lipinski definition) is 3. The second kappa shape index (κ2) is 8.79. The highest BCUT2D eigenvalue weighted by Gasteiger charge is 2.18. The van der Waals surface area contributed by atoms with Gasteiger partial charge < -0.3 is 4.74 Å². The van der Waals surface area contributed by atoms with E-state index in [1.165, 1.54) is 17.7 Å². The van der Waals surface area contributed by atoms with Gasteiger partial charge in [0.2, 0.25) is 0 Å². The van der Waals surface area contributed by atoms with Gasteiger partial charge in [-0.05, 0) is 54.9 Å². The fourth-order valence-electron chi connectivity index (χ4n) is 3.24. The predicted octanol–water partition coefficient (Wildman–Crippen LogP) is 5.72. The summed E-state index contributed by atoms with van der Waals surface area (Å²) in [4.78, 5) is 8.62. The van der Waals surface area contributed by atoms with E-state index in [0.717, 1.165) is 43.6 Å². The van der Waals surface area contributed by atoms with Crippen LogP contribution in [0.15, 0.2) is 59.9 Å². The lowest BCUT2D eigenvalue weighted by atomic mass is 9.84. The van der Waals surface area contributed by atoms with Gasteiger partial charge in [-0.1, -0.05) is 38.1 Å². The van der Waals surface area contributed by atoms with Gasteiger partial charge in [-0.3, -0.25) is 9.98 Å². The van der Waals surface area contributed by atoms with Gasteiger partial charge in [0, 0.05) is 36.3 Å². The largest absolute Gasteiger partial charge is 0.493 e. The Balaban J connectivity index is 1.46. The third-order valence-electron chi connectivity index (χ3n) is 4.93. The van der Waals surface area contributed by atoms with Crippen molar-refractivity contribution in [1.29, 1.82) is 0 Å². The molecule has 0 fully saturated rings. The lowest BCUT2D eigenvalue weighted by Crippen LogP contribution is -2.16. The van der Waals surface area contributed by atoms with Crippen molar-refractivity contribution in [2.45, 2.75) is 46.0 Å². The number of pyridine rings is 1. The molecule has 0 unspecified atom stereocenters. The molecular weight excluding hydrogens is 320 g/mol. The van der Waals surface area contributed by atoms with Crippen molar-refractivity contribution in [3.05, 3.63) is 66.1 Å². The summed E-state index contributed by atoms with van der Waals surface area (Å²) in [6.07, 6.45) is 11.1. The number of hydrogen-bond donors (Lipinski definition) is 0. The quantitative estimate of drug-likeness (QED) is 0.581. The molecule has 3 heteroatoms. The lowest BCUT2D eigenvalue weighted by molar-refractivity contribution is 0.214. The average molecular weight is 348 g/mol. The van der Waals surface area contributed by atoms with Gasteiger partial charge in [0.25, 0.3) is 0 Å². The summed E-state index contributed by atoms with van der Waals surface area (Å²) >= 11 is 0. The minimum atomic E-state index is 0.263.